The molecular formula is C21H28N5O7P. The van der Waals surface area contributed by atoms with Crippen LogP contribution in [0.25, 0.3) is 11.2 Å². The van der Waals surface area contributed by atoms with E-state index in [4.69, 9.17) is 28.8 Å². The van der Waals surface area contributed by atoms with E-state index in [0.717, 1.165) is 0 Å². The van der Waals surface area contributed by atoms with Crippen molar-refractivity contribution in [3.8, 4) is 6.07 Å². The van der Waals surface area contributed by atoms with E-state index in [1.54, 1.807) is 44.5 Å². The Morgan fingerprint density at radius 3 is 2.91 bits per heavy atom. The number of carbonyl (C=O) groups excluding carboxylic acids is 1. The van der Waals surface area contributed by atoms with Gasteiger partial charge in [-0.3, -0.25) is 22.9 Å². The smallest absolute Gasteiger partial charge is 0.463 e. The van der Waals surface area contributed by atoms with Gasteiger partial charge in [-0.05, 0) is 33.3 Å². The zero-order valence-corrected chi connectivity index (χ0v) is 20.3. The average molecular weight is 493 g/mol. The number of ether oxygens (including phenoxy) is 2. The summed E-state index contributed by atoms with van der Waals surface area (Å²) in [5, 5.41) is 10.1. The number of imidazole rings is 1. The van der Waals surface area contributed by atoms with Crippen molar-refractivity contribution in [2.75, 3.05) is 18.9 Å². The Hall–Kier alpha value is -2.55. The lowest BCUT2D eigenvalue weighted by Crippen LogP contribution is -2.42. The van der Waals surface area contributed by atoms with Gasteiger partial charge < -0.3 is 15.2 Å². The maximum atomic E-state index is 13.2. The first kappa shape index (κ1) is 24.6. The maximum absolute atomic E-state index is 13.2. The number of phosphoric ester groups is 1. The van der Waals surface area contributed by atoms with Gasteiger partial charge in [-0.2, -0.15) is 5.26 Å². The standard InChI is InChI=1S/C21H28N5O7P/c1-12(2)31-19(27)13(3)6-8-29-34(28)30-9-15-17(33-34)21(4,10-22)20(32-15)26-11-25-16-14(23)5-7-24-18(16)26/h5,7,11-13,15,17,20H,6,8-9H2,1-4H3,(H2,23,24)/t13-,15+,17+,20+,21+,34-/m0/s1. The lowest BCUT2D eigenvalue weighted by atomic mass is 9.84. The molecule has 4 heterocycles. The van der Waals surface area contributed by atoms with Gasteiger partial charge in [0.25, 0.3) is 0 Å². The number of pyridine rings is 1. The summed E-state index contributed by atoms with van der Waals surface area (Å²) in [5.74, 6) is -0.821. The molecule has 0 saturated carbocycles. The van der Waals surface area contributed by atoms with E-state index in [-0.39, 0.29) is 31.7 Å². The van der Waals surface area contributed by atoms with Crippen LogP contribution in [0.4, 0.5) is 5.69 Å². The number of aromatic nitrogens is 3. The van der Waals surface area contributed by atoms with Crippen LogP contribution in [-0.2, 0) is 32.4 Å². The zero-order chi connectivity index (χ0) is 24.7. The first-order valence-corrected chi connectivity index (χ1v) is 12.5. The van der Waals surface area contributed by atoms with Crippen LogP contribution in [0.1, 0.15) is 40.3 Å². The van der Waals surface area contributed by atoms with Gasteiger partial charge in [0.05, 0.1) is 43.3 Å². The molecule has 2 saturated heterocycles. The van der Waals surface area contributed by atoms with E-state index < -0.39 is 37.6 Å². The van der Waals surface area contributed by atoms with Crippen molar-refractivity contribution < 1.29 is 32.4 Å². The summed E-state index contributed by atoms with van der Waals surface area (Å²) in [6.07, 6.45) is 0.672. The molecule has 0 aliphatic carbocycles. The van der Waals surface area contributed by atoms with Crippen LogP contribution in [0.3, 0.4) is 0 Å². The summed E-state index contributed by atoms with van der Waals surface area (Å²) in [4.78, 5) is 20.6. The number of phosphoric acid groups is 1. The first-order valence-electron chi connectivity index (χ1n) is 11.0. The molecule has 2 fully saturated rings. The van der Waals surface area contributed by atoms with Gasteiger partial charge >= 0.3 is 13.8 Å². The number of esters is 1. The third-order valence-corrected chi connectivity index (χ3v) is 7.37. The van der Waals surface area contributed by atoms with Crippen molar-refractivity contribution >= 4 is 30.6 Å². The quantitative estimate of drug-likeness (QED) is 0.446. The molecule has 2 aliphatic rings. The maximum Gasteiger partial charge on any atom is 0.475 e. The van der Waals surface area contributed by atoms with E-state index in [1.165, 1.54) is 6.33 Å². The Bertz CT molecular complexity index is 1160. The number of rotatable bonds is 7. The molecule has 184 valence electrons. The van der Waals surface area contributed by atoms with Gasteiger partial charge in [0.15, 0.2) is 11.9 Å². The summed E-state index contributed by atoms with van der Waals surface area (Å²) in [6, 6.07) is 3.88. The molecule has 2 aromatic rings. The van der Waals surface area contributed by atoms with E-state index in [2.05, 4.69) is 16.0 Å². The average Bonchev–Trinajstić information content (AvgIpc) is 3.33. The number of fused-ring (bicyclic) bond motifs is 2. The highest BCUT2D eigenvalue weighted by Gasteiger charge is 2.61. The highest BCUT2D eigenvalue weighted by atomic mass is 31.2. The molecule has 2 aromatic heterocycles. The topological polar surface area (TPSA) is 161 Å². The van der Waals surface area contributed by atoms with Crippen LogP contribution >= 0.6 is 7.82 Å². The Labute approximate surface area is 196 Å². The second-order valence-electron chi connectivity index (χ2n) is 8.92. The summed E-state index contributed by atoms with van der Waals surface area (Å²) >= 11 is 0. The number of nitrogens with two attached hydrogens (primary N) is 1. The van der Waals surface area contributed by atoms with Crippen LogP contribution in [0.2, 0.25) is 0 Å². The molecule has 4 rings (SSSR count). The monoisotopic (exact) mass is 493 g/mol. The highest BCUT2D eigenvalue weighted by Crippen LogP contribution is 2.61. The Balaban J connectivity index is 1.48. The molecule has 0 aromatic carbocycles. The normalized spacial score (nSPS) is 31.8. The zero-order valence-electron chi connectivity index (χ0n) is 19.4. The van der Waals surface area contributed by atoms with Gasteiger partial charge in [-0.1, -0.05) is 6.92 Å². The number of nitrogen functional groups attached to an aromatic ring is 1. The van der Waals surface area contributed by atoms with Crippen molar-refractivity contribution in [2.45, 2.75) is 58.7 Å². The minimum atomic E-state index is -3.99. The van der Waals surface area contributed by atoms with E-state index >= 15 is 0 Å². The Morgan fingerprint density at radius 2 is 2.21 bits per heavy atom. The first-order chi connectivity index (χ1) is 16.1. The minimum absolute atomic E-state index is 0.0497. The van der Waals surface area contributed by atoms with Crippen molar-refractivity contribution in [3.05, 3.63) is 18.6 Å². The summed E-state index contributed by atoms with van der Waals surface area (Å²) < 4.78 is 42.6. The van der Waals surface area contributed by atoms with Crippen molar-refractivity contribution in [2.24, 2.45) is 11.3 Å². The highest BCUT2D eigenvalue weighted by molar-refractivity contribution is 7.48. The van der Waals surface area contributed by atoms with E-state index in [1.807, 2.05) is 0 Å². The van der Waals surface area contributed by atoms with Crippen LogP contribution in [0, 0.1) is 22.7 Å². The fraction of sp³-hybridized carbons (Fsp3) is 0.619. The van der Waals surface area contributed by atoms with Gasteiger partial charge in [-0.25, -0.2) is 14.5 Å². The SMILES string of the molecule is CC(C)OC(=O)[C@@H](C)CCO[P@@]1(=O)OC[C@H]2O[C@@H](n3cnc4c(N)ccnc43)[C@](C)(C#N)[C@@H]2O1. The van der Waals surface area contributed by atoms with Crippen molar-refractivity contribution in [1.29, 1.82) is 5.26 Å². The Kier molecular flexibility index (Phi) is 6.68. The molecule has 0 spiro atoms. The number of nitriles is 1. The second kappa shape index (κ2) is 9.24. The van der Waals surface area contributed by atoms with E-state index in [9.17, 15) is 14.6 Å². The number of hydrogen-bond donors (Lipinski definition) is 1. The van der Waals surface area contributed by atoms with E-state index in [0.29, 0.717) is 16.9 Å². The minimum Gasteiger partial charge on any atom is -0.463 e. The fourth-order valence-electron chi connectivity index (χ4n) is 4.02. The summed E-state index contributed by atoms with van der Waals surface area (Å²) in [7, 11) is -3.99. The third kappa shape index (κ3) is 4.42. The van der Waals surface area contributed by atoms with Crippen LogP contribution in [0.15, 0.2) is 18.6 Å². The van der Waals surface area contributed by atoms with Gasteiger partial charge in [0, 0.05) is 6.20 Å². The molecular weight excluding hydrogens is 465 g/mol. The number of hydrogen-bond acceptors (Lipinski definition) is 11. The molecule has 34 heavy (non-hydrogen) atoms. The van der Waals surface area contributed by atoms with Gasteiger partial charge in [0.2, 0.25) is 0 Å². The molecule has 2 aliphatic heterocycles. The molecule has 2 N–H and O–H groups in total. The predicted molar refractivity (Wildman–Crippen MR) is 119 cm³/mol. The second-order valence-corrected chi connectivity index (χ2v) is 10.5. The summed E-state index contributed by atoms with van der Waals surface area (Å²) in [5.41, 5.74) is 6.10. The van der Waals surface area contributed by atoms with Crippen molar-refractivity contribution in [3.63, 3.8) is 0 Å². The summed E-state index contributed by atoms with van der Waals surface area (Å²) in [6.45, 7) is 6.73. The number of carbonyl (C=O) groups is 1. The number of anilines is 1. The fourth-order valence-corrected chi connectivity index (χ4v) is 5.50. The Morgan fingerprint density at radius 1 is 1.44 bits per heavy atom. The largest absolute Gasteiger partial charge is 0.475 e. The molecule has 6 atom stereocenters. The van der Waals surface area contributed by atoms with Gasteiger partial charge in [0.1, 0.15) is 23.1 Å². The molecule has 0 amide bonds. The predicted octanol–water partition coefficient (Wildman–Crippen LogP) is 2.96. The van der Waals surface area contributed by atoms with Crippen LogP contribution in [-0.4, -0.2) is 52.0 Å². The van der Waals surface area contributed by atoms with Crippen molar-refractivity contribution in [1.82, 2.24) is 14.5 Å². The van der Waals surface area contributed by atoms with Crippen LogP contribution in [0.5, 0.6) is 0 Å². The third-order valence-electron chi connectivity index (χ3n) is 5.92. The lowest BCUT2D eigenvalue weighted by Gasteiger charge is -2.34. The van der Waals surface area contributed by atoms with Gasteiger partial charge in [-0.15, -0.1) is 0 Å². The molecule has 0 radical (unpaired) electrons. The molecule has 0 unspecified atom stereocenters. The molecule has 12 nitrogen and oxygen atoms in total. The lowest BCUT2D eigenvalue weighted by molar-refractivity contribution is -0.152. The molecule has 0 bridgehead atoms. The van der Waals surface area contributed by atoms with Crippen LogP contribution < -0.4 is 5.73 Å². The molecule has 13 heteroatoms. The number of nitrogens with zero attached hydrogens (tertiary/aromatic N) is 4.